The highest BCUT2D eigenvalue weighted by Crippen LogP contribution is 2.41. The Kier molecular flexibility index (Phi) is 4.83. The van der Waals surface area contributed by atoms with Crippen LogP contribution in [0.1, 0.15) is 35.2 Å². The fraction of sp³-hybridized carbons (Fsp3) is 0.273. The van der Waals surface area contributed by atoms with Gasteiger partial charge in [0.1, 0.15) is 21.3 Å². The van der Waals surface area contributed by atoms with Gasteiger partial charge < -0.3 is 9.73 Å². The van der Waals surface area contributed by atoms with Gasteiger partial charge in [0.2, 0.25) is 5.91 Å². The molecule has 0 fully saturated rings. The lowest BCUT2D eigenvalue weighted by molar-refractivity contribution is -0.114. The number of hydrogen-bond donors (Lipinski definition) is 1. The molecule has 30 heavy (non-hydrogen) atoms. The predicted molar refractivity (Wildman–Crippen MR) is 121 cm³/mol. The number of nitrogens with zero attached hydrogens (tertiary/aromatic N) is 2. The average Bonchev–Trinajstić information content (AvgIpc) is 3.25. The Balaban J connectivity index is 1.52. The molecule has 8 heteroatoms. The average molecular weight is 438 g/mol. The van der Waals surface area contributed by atoms with Gasteiger partial charge in [-0.2, -0.15) is 0 Å². The van der Waals surface area contributed by atoms with E-state index in [2.05, 4.69) is 10.3 Å². The number of rotatable bonds is 4. The van der Waals surface area contributed by atoms with Crippen molar-refractivity contribution >= 4 is 55.9 Å². The van der Waals surface area contributed by atoms with Crippen LogP contribution in [0.4, 0.5) is 5.69 Å². The van der Waals surface area contributed by atoms with Crippen molar-refractivity contribution in [2.45, 2.75) is 43.9 Å². The molecular weight excluding hydrogens is 418 g/mol. The molecule has 0 saturated carbocycles. The Hall–Kier alpha value is -2.71. The highest BCUT2D eigenvalue weighted by atomic mass is 32.2. The molecule has 0 atom stereocenters. The van der Waals surface area contributed by atoms with E-state index in [-0.39, 0.29) is 5.91 Å². The fourth-order valence-electron chi connectivity index (χ4n) is 3.94. The molecule has 1 aromatic carbocycles. The van der Waals surface area contributed by atoms with Gasteiger partial charge in [0.15, 0.2) is 0 Å². The van der Waals surface area contributed by atoms with Gasteiger partial charge in [-0.05, 0) is 49.4 Å². The topological polar surface area (TPSA) is 85.1 Å². The predicted octanol–water partition coefficient (Wildman–Crippen LogP) is 4.85. The minimum Gasteiger partial charge on any atom is -0.423 e. The fourth-order valence-corrected chi connectivity index (χ4v) is 6.41. The van der Waals surface area contributed by atoms with Crippen LogP contribution >= 0.6 is 23.1 Å². The first kappa shape index (κ1) is 19.3. The lowest BCUT2D eigenvalue weighted by Gasteiger charge is -2.09. The van der Waals surface area contributed by atoms with Crippen LogP contribution in [-0.4, -0.2) is 15.9 Å². The Morgan fingerprint density at radius 3 is 2.97 bits per heavy atom. The lowest BCUT2D eigenvalue weighted by Crippen LogP contribution is -2.06. The van der Waals surface area contributed by atoms with Crippen molar-refractivity contribution in [3.63, 3.8) is 0 Å². The number of fused-ring (bicyclic) bond motifs is 4. The smallest absolute Gasteiger partial charge is 0.336 e. The van der Waals surface area contributed by atoms with E-state index < -0.39 is 5.63 Å². The molecule has 6 nitrogen and oxygen atoms in total. The molecule has 1 amide bonds. The van der Waals surface area contributed by atoms with Crippen molar-refractivity contribution in [3.05, 3.63) is 56.5 Å². The summed E-state index contributed by atoms with van der Waals surface area (Å²) in [7, 11) is 0. The number of amides is 1. The van der Waals surface area contributed by atoms with Crippen LogP contribution in [0.3, 0.4) is 0 Å². The van der Waals surface area contributed by atoms with E-state index in [1.807, 2.05) is 19.1 Å². The molecule has 0 aliphatic heterocycles. The van der Waals surface area contributed by atoms with E-state index in [0.717, 1.165) is 39.5 Å². The summed E-state index contributed by atoms with van der Waals surface area (Å²) in [6.45, 7) is 3.36. The van der Waals surface area contributed by atoms with Crippen LogP contribution in [0.5, 0.6) is 0 Å². The number of aromatic nitrogens is 2. The van der Waals surface area contributed by atoms with Crippen molar-refractivity contribution in [2.24, 2.45) is 0 Å². The number of aryl methyl sites for hydroxylation is 3. The van der Waals surface area contributed by atoms with Crippen molar-refractivity contribution in [1.82, 2.24) is 9.97 Å². The van der Waals surface area contributed by atoms with Gasteiger partial charge >= 0.3 is 5.63 Å². The number of thiophene rings is 1. The van der Waals surface area contributed by atoms with E-state index in [9.17, 15) is 9.59 Å². The second-order valence-electron chi connectivity index (χ2n) is 7.38. The highest BCUT2D eigenvalue weighted by Gasteiger charge is 2.22. The molecule has 1 aliphatic rings. The standard InChI is InChI=1S/C22H19N3O3S2/c1-11-23-21(20-16-4-3-5-18(16)30-22(20)24-11)29-10-13-8-19(27)28-17-9-14(25-12(2)26)6-7-15(13)17/h6-9H,3-5,10H2,1-2H3,(H,25,26). The number of benzene rings is 1. The van der Waals surface area contributed by atoms with Gasteiger partial charge in [-0.25, -0.2) is 14.8 Å². The molecule has 3 aromatic heterocycles. The monoisotopic (exact) mass is 437 g/mol. The first-order valence-electron chi connectivity index (χ1n) is 9.74. The van der Waals surface area contributed by atoms with Crippen LogP contribution in [0, 0.1) is 6.92 Å². The van der Waals surface area contributed by atoms with Crippen molar-refractivity contribution in [3.8, 4) is 0 Å². The molecule has 0 bridgehead atoms. The summed E-state index contributed by atoms with van der Waals surface area (Å²) < 4.78 is 5.37. The normalized spacial score (nSPS) is 13.1. The molecular formula is C22H19N3O3S2. The quantitative estimate of drug-likeness (QED) is 0.279. The third-order valence-corrected chi connectivity index (χ3v) is 7.37. The van der Waals surface area contributed by atoms with Gasteiger partial charge in [-0.15, -0.1) is 23.1 Å². The first-order chi connectivity index (χ1) is 14.5. The van der Waals surface area contributed by atoms with Gasteiger partial charge in [0.05, 0.1) is 0 Å². The summed E-state index contributed by atoms with van der Waals surface area (Å²) in [5.74, 6) is 1.19. The molecule has 0 spiro atoms. The molecule has 1 N–H and O–H groups in total. The maximum absolute atomic E-state index is 12.1. The molecule has 0 radical (unpaired) electrons. The van der Waals surface area contributed by atoms with E-state index in [4.69, 9.17) is 9.40 Å². The second kappa shape index (κ2) is 7.52. The van der Waals surface area contributed by atoms with Crippen molar-refractivity contribution < 1.29 is 9.21 Å². The third-order valence-electron chi connectivity index (χ3n) is 5.16. The van der Waals surface area contributed by atoms with Gasteiger partial charge in [0, 0.05) is 46.1 Å². The summed E-state index contributed by atoms with van der Waals surface area (Å²) in [6.07, 6.45) is 3.40. The molecule has 0 unspecified atom stereocenters. The third kappa shape index (κ3) is 3.50. The van der Waals surface area contributed by atoms with Crippen LogP contribution in [0.25, 0.3) is 21.2 Å². The maximum atomic E-state index is 12.1. The molecule has 4 aromatic rings. The summed E-state index contributed by atoms with van der Waals surface area (Å²) in [5, 5.41) is 5.74. The Bertz CT molecular complexity index is 1370. The zero-order valence-electron chi connectivity index (χ0n) is 16.6. The van der Waals surface area contributed by atoms with Crippen molar-refractivity contribution in [1.29, 1.82) is 0 Å². The largest absolute Gasteiger partial charge is 0.423 e. The highest BCUT2D eigenvalue weighted by molar-refractivity contribution is 7.98. The van der Waals surface area contributed by atoms with Crippen LogP contribution in [0.2, 0.25) is 0 Å². The molecule has 0 saturated heterocycles. The van der Waals surface area contributed by atoms with E-state index >= 15 is 0 Å². The maximum Gasteiger partial charge on any atom is 0.336 e. The number of hydrogen-bond acceptors (Lipinski definition) is 7. The Morgan fingerprint density at radius 1 is 1.27 bits per heavy atom. The van der Waals surface area contributed by atoms with Gasteiger partial charge in [-0.3, -0.25) is 4.79 Å². The number of thioether (sulfide) groups is 1. The van der Waals surface area contributed by atoms with Crippen LogP contribution in [-0.2, 0) is 23.4 Å². The molecule has 152 valence electrons. The zero-order valence-corrected chi connectivity index (χ0v) is 18.2. The number of anilines is 1. The number of carbonyl (C=O) groups is 1. The van der Waals surface area contributed by atoms with Crippen molar-refractivity contribution in [2.75, 3.05) is 5.32 Å². The van der Waals surface area contributed by atoms with Crippen LogP contribution in [0.15, 0.2) is 38.5 Å². The lowest BCUT2D eigenvalue weighted by atomic mass is 10.1. The molecule has 3 heterocycles. The number of nitrogens with one attached hydrogen (secondary N) is 1. The SMILES string of the molecule is CC(=O)Nc1ccc2c(CSc3nc(C)nc4sc5c(c34)CCC5)cc(=O)oc2c1. The van der Waals surface area contributed by atoms with Gasteiger partial charge in [0.25, 0.3) is 0 Å². The Morgan fingerprint density at radius 2 is 2.13 bits per heavy atom. The minimum absolute atomic E-state index is 0.171. The van der Waals surface area contributed by atoms with Gasteiger partial charge in [-0.1, -0.05) is 0 Å². The van der Waals surface area contributed by atoms with E-state index in [1.165, 1.54) is 35.2 Å². The zero-order chi connectivity index (χ0) is 20.8. The first-order valence-corrected chi connectivity index (χ1v) is 11.5. The van der Waals surface area contributed by atoms with E-state index in [1.54, 1.807) is 29.2 Å². The van der Waals surface area contributed by atoms with E-state index in [0.29, 0.717) is 17.0 Å². The van der Waals surface area contributed by atoms with Crippen LogP contribution < -0.4 is 10.9 Å². The second-order valence-corrected chi connectivity index (χ2v) is 9.43. The molecule has 1 aliphatic carbocycles. The summed E-state index contributed by atoms with van der Waals surface area (Å²) in [4.78, 5) is 35.3. The summed E-state index contributed by atoms with van der Waals surface area (Å²) in [5.41, 5.74) is 2.94. The Labute approximate surface area is 180 Å². The number of carbonyl (C=O) groups excluding carboxylic acids is 1. The minimum atomic E-state index is -0.404. The molecule has 5 rings (SSSR count). The summed E-state index contributed by atoms with van der Waals surface area (Å²) >= 11 is 3.42. The summed E-state index contributed by atoms with van der Waals surface area (Å²) in [6, 6.07) is 6.92.